The second-order valence-electron chi connectivity index (χ2n) is 4.91. The largest absolute Gasteiger partial charge is 0.507 e. The third-order valence-corrected chi connectivity index (χ3v) is 3.57. The van der Waals surface area contributed by atoms with Crippen molar-refractivity contribution in [2.75, 3.05) is 5.32 Å². The molecule has 0 bridgehead atoms. The predicted molar refractivity (Wildman–Crippen MR) is 95.8 cm³/mol. The van der Waals surface area contributed by atoms with Gasteiger partial charge in [0.05, 0.1) is 6.21 Å². The Labute approximate surface area is 147 Å². The van der Waals surface area contributed by atoms with Crippen molar-refractivity contribution in [3.05, 3.63) is 58.6 Å². The highest BCUT2D eigenvalue weighted by molar-refractivity contribution is 9.10. The maximum absolute atomic E-state index is 11.8. The van der Waals surface area contributed by atoms with E-state index in [2.05, 4.69) is 31.8 Å². The molecule has 2 amide bonds. The van der Waals surface area contributed by atoms with Crippen LogP contribution in [0.1, 0.15) is 18.4 Å². The number of carbonyl (C=O) groups is 2. The van der Waals surface area contributed by atoms with Crippen LogP contribution in [0.4, 0.5) is 5.69 Å². The molecule has 0 aliphatic heterocycles. The van der Waals surface area contributed by atoms with Crippen LogP contribution in [0.2, 0.25) is 0 Å². The number of halogens is 1. The Kier molecular flexibility index (Phi) is 6.51. The van der Waals surface area contributed by atoms with Gasteiger partial charge in [0.1, 0.15) is 5.75 Å². The van der Waals surface area contributed by atoms with E-state index in [4.69, 9.17) is 0 Å². The van der Waals surface area contributed by atoms with E-state index < -0.39 is 0 Å². The highest BCUT2D eigenvalue weighted by Gasteiger charge is 2.06. The summed E-state index contributed by atoms with van der Waals surface area (Å²) in [4.78, 5) is 23.4. The maximum atomic E-state index is 11.8. The first-order chi connectivity index (χ1) is 11.5. The van der Waals surface area contributed by atoms with Crippen LogP contribution >= 0.6 is 15.9 Å². The van der Waals surface area contributed by atoms with Gasteiger partial charge in [-0.2, -0.15) is 5.10 Å². The molecule has 0 saturated carbocycles. The molecule has 2 aromatic carbocycles. The number of hydrogen-bond acceptors (Lipinski definition) is 4. The number of nitrogens with zero attached hydrogens (tertiary/aromatic N) is 1. The number of rotatable bonds is 6. The molecule has 0 saturated heterocycles. The van der Waals surface area contributed by atoms with E-state index in [1.807, 2.05) is 12.1 Å². The topological polar surface area (TPSA) is 90.8 Å². The molecular weight excluding hydrogens is 374 g/mol. The zero-order chi connectivity index (χ0) is 17.4. The van der Waals surface area contributed by atoms with Gasteiger partial charge in [0, 0.05) is 28.6 Å². The highest BCUT2D eigenvalue weighted by atomic mass is 79.9. The molecule has 0 aliphatic carbocycles. The van der Waals surface area contributed by atoms with Crippen molar-refractivity contribution in [2.45, 2.75) is 12.8 Å². The van der Waals surface area contributed by atoms with E-state index in [0.717, 1.165) is 4.47 Å². The number of phenols is 1. The fourth-order valence-corrected chi connectivity index (χ4v) is 2.07. The highest BCUT2D eigenvalue weighted by Crippen LogP contribution is 2.14. The van der Waals surface area contributed by atoms with Gasteiger partial charge in [0.2, 0.25) is 11.8 Å². The molecule has 0 unspecified atom stereocenters. The Morgan fingerprint density at radius 1 is 1.04 bits per heavy atom. The quantitative estimate of drug-likeness (QED) is 0.523. The zero-order valence-corrected chi connectivity index (χ0v) is 14.3. The number of hydrazone groups is 1. The summed E-state index contributed by atoms with van der Waals surface area (Å²) < 4.78 is 0.919. The van der Waals surface area contributed by atoms with Crippen LogP contribution in [0.15, 0.2) is 58.1 Å². The van der Waals surface area contributed by atoms with Gasteiger partial charge >= 0.3 is 0 Å². The fraction of sp³-hybridized carbons (Fsp3) is 0.118. The summed E-state index contributed by atoms with van der Waals surface area (Å²) >= 11 is 3.31. The van der Waals surface area contributed by atoms with Gasteiger partial charge in [-0.1, -0.05) is 28.1 Å². The molecule has 2 rings (SSSR count). The number of benzene rings is 2. The lowest BCUT2D eigenvalue weighted by atomic mass is 10.2. The van der Waals surface area contributed by atoms with Crippen LogP contribution < -0.4 is 10.7 Å². The van der Waals surface area contributed by atoms with Crippen LogP contribution in [0.25, 0.3) is 0 Å². The molecule has 0 radical (unpaired) electrons. The smallest absolute Gasteiger partial charge is 0.240 e. The summed E-state index contributed by atoms with van der Waals surface area (Å²) in [6.45, 7) is 0. The van der Waals surface area contributed by atoms with Crippen molar-refractivity contribution in [2.24, 2.45) is 5.10 Å². The van der Waals surface area contributed by atoms with Crippen molar-refractivity contribution in [3.63, 3.8) is 0 Å². The number of hydrogen-bond donors (Lipinski definition) is 3. The van der Waals surface area contributed by atoms with Crippen LogP contribution in [-0.2, 0) is 9.59 Å². The number of para-hydroxylation sites is 1. The minimum Gasteiger partial charge on any atom is -0.507 e. The van der Waals surface area contributed by atoms with Crippen LogP contribution in [0, 0.1) is 0 Å². The molecule has 0 fully saturated rings. The standard InChI is InChI=1S/C17H16BrN3O3/c18-13-5-7-14(8-6-13)20-16(23)9-10-17(24)21-19-11-12-3-1-2-4-15(12)22/h1-8,11,22H,9-10H2,(H,20,23)(H,21,24)/b19-11-. The van der Waals surface area contributed by atoms with Crippen LogP contribution in [0.3, 0.4) is 0 Å². The molecular formula is C17H16BrN3O3. The number of nitrogens with one attached hydrogen (secondary N) is 2. The predicted octanol–water partition coefficient (Wildman–Crippen LogP) is 3.02. The monoisotopic (exact) mass is 389 g/mol. The molecule has 3 N–H and O–H groups in total. The molecule has 6 nitrogen and oxygen atoms in total. The Hall–Kier alpha value is -2.67. The Bertz CT molecular complexity index is 745. The molecule has 124 valence electrons. The second kappa shape index (κ2) is 8.83. The van der Waals surface area contributed by atoms with Gasteiger partial charge in [-0.3, -0.25) is 9.59 Å². The van der Waals surface area contributed by atoms with E-state index >= 15 is 0 Å². The molecule has 0 aromatic heterocycles. The van der Waals surface area contributed by atoms with Crippen molar-refractivity contribution < 1.29 is 14.7 Å². The van der Waals surface area contributed by atoms with Crippen molar-refractivity contribution in [1.29, 1.82) is 0 Å². The van der Waals surface area contributed by atoms with Gasteiger partial charge in [-0.05, 0) is 36.4 Å². The van der Waals surface area contributed by atoms with Gasteiger partial charge in [0.15, 0.2) is 0 Å². The molecule has 2 aromatic rings. The summed E-state index contributed by atoms with van der Waals surface area (Å²) in [5.41, 5.74) is 3.48. The number of carbonyl (C=O) groups excluding carboxylic acids is 2. The normalized spacial score (nSPS) is 10.5. The third kappa shape index (κ3) is 5.85. The first-order valence-electron chi connectivity index (χ1n) is 7.20. The van der Waals surface area contributed by atoms with E-state index in [1.54, 1.807) is 30.3 Å². The molecule has 0 heterocycles. The molecule has 0 atom stereocenters. The average molecular weight is 390 g/mol. The minimum atomic E-state index is -0.382. The van der Waals surface area contributed by atoms with E-state index in [9.17, 15) is 14.7 Å². The summed E-state index contributed by atoms with van der Waals surface area (Å²) in [6, 6.07) is 13.8. The Morgan fingerprint density at radius 3 is 2.42 bits per heavy atom. The summed E-state index contributed by atoms with van der Waals surface area (Å²) in [7, 11) is 0. The lowest BCUT2D eigenvalue weighted by molar-refractivity contribution is -0.124. The average Bonchev–Trinajstić information content (AvgIpc) is 2.57. The lowest BCUT2D eigenvalue weighted by Gasteiger charge is -2.05. The third-order valence-electron chi connectivity index (χ3n) is 3.04. The molecule has 24 heavy (non-hydrogen) atoms. The number of anilines is 1. The van der Waals surface area contributed by atoms with E-state index in [0.29, 0.717) is 11.3 Å². The minimum absolute atomic E-state index is 0.0144. The van der Waals surface area contributed by atoms with Gasteiger partial charge in [0.25, 0.3) is 0 Å². The summed E-state index contributed by atoms with van der Waals surface area (Å²) in [6.07, 6.45) is 1.41. The van der Waals surface area contributed by atoms with Crippen molar-refractivity contribution >= 4 is 39.6 Å². The summed E-state index contributed by atoms with van der Waals surface area (Å²) in [5, 5.41) is 16.0. The first-order valence-corrected chi connectivity index (χ1v) is 7.99. The van der Waals surface area contributed by atoms with Gasteiger partial charge in [-0.15, -0.1) is 0 Å². The maximum Gasteiger partial charge on any atom is 0.240 e. The SMILES string of the molecule is O=C(CCC(=O)Nc1ccc(Br)cc1)N/N=C\c1ccccc1O. The van der Waals surface area contributed by atoms with Crippen molar-refractivity contribution in [3.8, 4) is 5.75 Å². The van der Waals surface area contributed by atoms with Crippen LogP contribution in [-0.4, -0.2) is 23.1 Å². The number of aromatic hydroxyl groups is 1. The van der Waals surface area contributed by atoms with Crippen molar-refractivity contribution in [1.82, 2.24) is 5.43 Å². The molecule has 7 heteroatoms. The van der Waals surface area contributed by atoms with Crippen LogP contribution in [0.5, 0.6) is 5.75 Å². The second-order valence-corrected chi connectivity index (χ2v) is 5.82. The van der Waals surface area contributed by atoms with E-state index in [-0.39, 0.29) is 30.4 Å². The Morgan fingerprint density at radius 2 is 1.71 bits per heavy atom. The first kappa shape index (κ1) is 17.7. The Balaban J connectivity index is 1.73. The lowest BCUT2D eigenvalue weighted by Crippen LogP contribution is -2.20. The number of phenolic OH excluding ortho intramolecular Hbond substituents is 1. The molecule has 0 spiro atoms. The zero-order valence-electron chi connectivity index (χ0n) is 12.7. The summed E-state index contributed by atoms with van der Waals surface area (Å²) in [5.74, 6) is -0.561. The van der Waals surface area contributed by atoms with E-state index in [1.165, 1.54) is 12.3 Å². The number of amides is 2. The fourth-order valence-electron chi connectivity index (χ4n) is 1.81. The van der Waals surface area contributed by atoms with Gasteiger partial charge in [-0.25, -0.2) is 5.43 Å². The molecule has 0 aliphatic rings. The van der Waals surface area contributed by atoms with Gasteiger partial charge < -0.3 is 10.4 Å².